The van der Waals surface area contributed by atoms with Crippen LogP contribution < -0.4 is 5.32 Å². The van der Waals surface area contributed by atoms with Crippen LogP contribution >= 0.6 is 23.5 Å². The van der Waals surface area contributed by atoms with E-state index in [2.05, 4.69) is 15.5 Å². The molecule has 0 fully saturated rings. The van der Waals surface area contributed by atoms with Crippen LogP contribution in [0.25, 0.3) is 11.5 Å². The molecule has 8 heteroatoms. The molecule has 0 atom stereocenters. The number of nitrogens with one attached hydrogen (secondary N) is 1. The number of hydrogen-bond donors (Lipinski definition) is 1. The number of aromatic nitrogens is 2. The second kappa shape index (κ2) is 8.75. The van der Waals surface area contributed by atoms with Crippen LogP contribution in [-0.2, 0) is 4.79 Å². The zero-order valence-corrected chi connectivity index (χ0v) is 16.4. The number of amides is 1. The average Bonchev–Trinajstić information content (AvgIpc) is 3.12. The molecule has 0 spiro atoms. The van der Waals surface area contributed by atoms with Crippen molar-refractivity contribution in [2.75, 3.05) is 11.1 Å². The first kappa shape index (κ1) is 19.0. The number of benzene rings is 2. The Labute approximate surface area is 165 Å². The van der Waals surface area contributed by atoms with Crippen LogP contribution in [0.2, 0.25) is 0 Å². The van der Waals surface area contributed by atoms with E-state index in [-0.39, 0.29) is 11.7 Å². The lowest BCUT2D eigenvalue weighted by atomic mass is 10.1. The van der Waals surface area contributed by atoms with Gasteiger partial charge in [0.25, 0.3) is 5.22 Å². The first-order chi connectivity index (χ1) is 13.1. The molecule has 1 aromatic heterocycles. The van der Waals surface area contributed by atoms with Crippen molar-refractivity contribution in [3.8, 4) is 16.9 Å². The lowest BCUT2D eigenvalue weighted by Gasteiger charge is -2.08. The highest BCUT2D eigenvalue weighted by atomic mass is 32.2. The molecule has 27 heavy (non-hydrogen) atoms. The fourth-order valence-electron chi connectivity index (χ4n) is 2.40. The van der Waals surface area contributed by atoms with Gasteiger partial charge < -0.3 is 9.73 Å². The van der Waals surface area contributed by atoms with Crippen LogP contribution in [0.15, 0.2) is 57.0 Å². The number of hydrogen-bond acceptors (Lipinski definition) is 7. The highest BCUT2D eigenvalue weighted by molar-refractivity contribution is 8.03. The molecule has 136 valence electrons. The Morgan fingerprint density at radius 1 is 1.19 bits per heavy atom. The van der Waals surface area contributed by atoms with Crippen LogP contribution in [0.5, 0.6) is 0 Å². The van der Waals surface area contributed by atoms with E-state index in [1.54, 1.807) is 12.1 Å². The summed E-state index contributed by atoms with van der Waals surface area (Å²) >= 11 is 2.27. The second-order valence-corrected chi connectivity index (χ2v) is 7.48. The van der Waals surface area contributed by atoms with Crippen molar-refractivity contribution >= 4 is 35.1 Å². The van der Waals surface area contributed by atoms with Crippen molar-refractivity contribution in [2.24, 2.45) is 0 Å². The standard InChI is InChI=1S/C19H16N4O2S2/c1-12-5-3-4-6-15(12)18-22-23-19(25-18)26-10-17(24)21-16-8-7-14(27-11-20)9-13(16)2/h3-9H,10H2,1-2H3,(H,21,24). The fraction of sp³-hybridized carbons (Fsp3) is 0.158. The third-order valence-electron chi connectivity index (χ3n) is 3.74. The second-order valence-electron chi connectivity index (χ2n) is 5.69. The molecule has 1 N–H and O–H groups in total. The van der Waals surface area contributed by atoms with E-state index in [0.29, 0.717) is 16.8 Å². The highest BCUT2D eigenvalue weighted by Crippen LogP contribution is 2.26. The van der Waals surface area contributed by atoms with Crippen molar-refractivity contribution in [3.05, 3.63) is 53.6 Å². The summed E-state index contributed by atoms with van der Waals surface area (Å²) in [6.07, 6.45) is 0. The topological polar surface area (TPSA) is 91.8 Å². The van der Waals surface area contributed by atoms with E-state index in [0.717, 1.165) is 33.3 Å². The minimum absolute atomic E-state index is 0.156. The predicted octanol–water partition coefficient (Wildman–Crippen LogP) is 4.66. The minimum Gasteiger partial charge on any atom is -0.411 e. The van der Waals surface area contributed by atoms with Crippen LogP contribution in [-0.4, -0.2) is 21.9 Å². The van der Waals surface area contributed by atoms with Crippen molar-refractivity contribution in [1.82, 2.24) is 10.2 Å². The van der Waals surface area contributed by atoms with Gasteiger partial charge in [-0.1, -0.05) is 30.0 Å². The Morgan fingerprint density at radius 3 is 2.74 bits per heavy atom. The van der Waals surface area contributed by atoms with Gasteiger partial charge in [0.15, 0.2) is 0 Å². The summed E-state index contributed by atoms with van der Waals surface area (Å²) in [6, 6.07) is 13.2. The largest absolute Gasteiger partial charge is 0.411 e. The summed E-state index contributed by atoms with van der Waals surface area (Å²) in [5.41, 5.74) is 3.54. The van der Waals surface area contributed by atoms with Crippen molar-refractivity contribution < 1.29 is 9.21 Å². The maximum atomic E-state index is 12.2. The monoisotopic (exact) mass is 396 g/mol. The summed E-state index contributed by atoms with van der Waals surface area (Å²) in [5.74, 6) is 0.431. The molecule has 0 bridgehead atoms. The number of rotatable bonds is 6. The number of thioether (sulfide) groups is 2. The quantitative estimate of drug-likeness (QED) is 0.478. The van der Waals surface area contributed by atoms with E-state index in [1.807, 2.05) is 49.6 Å². The third-order valence-corrected chi connectivity index (χ3v) is 5.14. The molecule has 6 nitrogen and oxygen atoms in total. The third kappa shape index (κ3) is 4.90. The van der Waals surface area contributed by atoms with E-state index in [9.17, 15) is 4.79 Å². The Hall–Kier alpha value is -2.76. The zero-order chi connectivity index (χ0) is 19.2. The molecule has 0 aliphatic rings. The van der Waals surface area contributed by atoms with E-state index in [4.69, 9.17) is 9.68 Å². The maximum absolute atomic E-state index is 12.2. The number of nitriles is 1. The smallest absolute Gasteiger partial charge is 0.277 e. The van der Waals surface area contributed by atoms with Gasteiger partial charge in [-0.05, 0) is 61.0 Å². The Morgan fingerprint density at radius 2 is 2.00 bits per heavy atom. The van der Waals surface area contributed by atoms with Gasteiger partial charge in [0.05, 0.1) is 5.75 Å². The number of aryl methyl sites for hydroxylation is 2. The van der Waals surface area contributed by atoms with Crippen molar-refractivity contribution in [1.29, 1.82) is 5.26 Å². The molecule has 1 heterocycles. The van der Waals surface area contributed by atoms with E-state index < -0.39 is 0 Å². The average molecular weight is 396 g/mol. The number of nitrogens with zero attached hydrogens (tertiary/aromatic N) is 3. The molecule has 0 unspecified atom stereocenters. The summed E-state index contributed by atoms with van der Waals surface area (Å²) in [7, 11) is 0. The van der Waals surface area contributed by atoms with Gasteiger partial charge in [-0.15, -0.1) is 10.2 Å². The van der Waals surface area contributed by atoms with Crippen molar-refractivity contribution in [3.63, 3.8) is 0 Å². The Balaban J connectivity index is 1.59. The molecule has 2 aromatic carbocycles. The summed E-state index contributed by atoms with van der Waals surface area (Å²) in [4.78, 5) is 13.0. The lowest BCUT2D eigenvalue weighted by molar-refractivity contribution is -0.113. The number of anilines is 1. The van der Waals surface area contributed by atoms with E-state index >= 15 is 0 Å². The summed E-state index contributed by atoms with van der Waals surface area (Å²) < 4.78 is 5.64. The molecular formula is C19H16N4O2S2. The first-order valence-corrected chi connectivity index (χ1v) is 9.86. The van der Waals surface area contributed by atoms with E-state index in [1.165, 1.54) is 11.8 Å². The lowest BCUT2D eigenvalue weighted by Crippen LogP contribution is -2.14. The molecule has 0 aliphatic heterocycles. The van der Waals surface area contributed by atoms with Gasteiger partial charge in [-0.2, -0.15) is 5.26 Å². The maximum Gasteiger partial charge on any atom is 0.277 e. The molecule has 0 saturated heterocycles. The highest BCUT2D eigenvalue weighted by Gasteiger charge is 2.13. The molecular weight excluding hydrogens is 380 g/mol. The Bertz CT molecular complexity index is 1010. The fourth-order valence-corrected chi connectivity index (χ4v) is 3.44. The molecule has 0 saturated carbocycles. The van der Waals surface area contributed by atoms with Gasteiger partial charge in [-0.25, -0.2) is 0 Å². The Kier molecular flexibility index (Phi) is 6.16. The molecule has 0 radical (unpaired) electrons. The molecule has 3 aromatic rings. The molecule has 1 amide bonds. The van der Waals surface area contributed by atoms with Gasteiger partial charge in [0.2, 0.25) is 11.8 Å². The number of thiocyanates is 1. The van der Waals surface area contributed by atoms with Crippen LogP contribution in [0.4, 0.5) is 5.69 Å². The summed E-state index contributed by atoms with van der Waals surface area (Å²) in [5, 5.41) is 22.0. The molecule has 3 rings (SSSR count). The van der Waals surface area contributed by atoms with Gasteiger partial charge in [-0.3, -0.25) is 4.79 Å². The van der Waals surface area contributed by atoms with Gasteiger partial charge in [0, 0.05) is 16.1 Å². The van der Waals surface area contributed by atoms with Crippen molar-refractivity contribution in [2.45, 2.75) is 24.0 Å². The van der Waals surface area contributed by atoms with Crippen LogP contribution in [0.1, 0.15) is 11.1 Å². The summed E-state index contributed by atoms with van der Waals surface area (Å²) in [6.45, 7) is 3.86. The number of carbonyl (C=O) groups excluding carboxylic acids is 1. The van der Waals surface area contributed by atoms with Gasteiger partial charge >= 0.3 is 0 Å². The normalized spacial score (nSPS) is 10.4. The zero-order valence-electron chi connectivity index (χ0n) is 14.7. The number of carbonyl (C=O) groups is 1. The molecule has 0 aliphatic carbocycles. The predicted molar refractivity (Wildman–Crippen MR) is 106 cm³/mol. The SMILES string of the molecule is Cc1cc(SC#N)ccc1NC(=O)CSc1nnc(-c2ccccc2C)o1. The van der Waals surface area contributed by atoms with Crippen LogP contribution in [0, 0.1) is 24.5 Å². The first-order valence-electron chi connectivity index (χ1n) is 8.05. The minimum atomic E-state index is -0.167. The van der Waals surface area contributed by atoms with Crippen LogP contribution in [0.3, 0.4) is 0 Å². The van der Waals surface area contributed by atoms with Gasteiger partial charge in [0.1, 0.15) is 5.40 Å².